The normalized spacial score (nSPS) is 10.1. The molecule has 0 atom stereocenters. The second-order valence-corrected chi connectivity index (χ2v) is 4.87. The van der Waals surface area contributed by atoms with Gasteiger partial charge in [-0.05, 0) is 27.7 Å². The third-order valence-electron chi connectivity index (χ3n) is 1.68. The van der Waals surface area contributed by atoms with Gasteiger partial charge in [-0.3, -0.25) is 9.59 Å². The Bertz CT molecular complexity index is 380. The van der Waals surface area contributed by atoms with E-state index in [4.69, 9.17) is 0 Å². The first kappa shape index (κ1) is 16.3. The summed E-state index contributed by atoms with van der Waals surface area (Å²) in [7, 11) is 0. The standard InChI is InChI=1S/C8H8O.C6H13NO2/c1-7(9)8-5-3-2-4-6-8;1-5(8)9-7-6(2,3)4/h2-6H,1H3;7H,1-4H3. The Morgan fingerprint density at radius 2 is 1.56 bits per heavy atom. The molecule has 0 aliphatic rings. The Labute approximate surface area is 108 Å². The predicted octanol–water partition coefficient (Wildman–Crippen LogP) is 2.74. The molecule has 1 aromatic rings. The molecule has 18 heavy (non-hydrogen) atoms. The number of carbonyl (C=O) groups excluding carboxylic acids is 2. The highest BCUT2D eigenvalue weighted by Gasteiger charge is 2.09. The minimum absolute atomic E-state index is 0.121. The van der Waals surface area contributed by atoms with Crippen molar-refractivity contribution in [2.75, 3.05) is 0 Å². The number of hydroxylamine groups is 1. The first-order valence-electron chi connectivity index (χ1n) is 5.73. The molecule has 0 amide bonds. The van der Waals surface area contributed by atoms with Crippen molar-refractivity contribution in [3.8, 4) is 0 Å². The van der Waals surface area contributed by atoms with E-state index in [1.165, 1.54) is 6.92 Å². The van der Waals surface area contributed by atoms with Crippen LogP contribution in [0.2, 0.25) is 0 Å². The van der Waals surface area contributed by atoms with Crippen LogP contribution in [0.3, 0.4) is 0 Å². The van der Waals surface area contributed by atoms with Gasteiger partial charge in [0.1, 0.15) is 0 Å². The van der Waals surface area contributed by atoms with Gasteiger partial charge in [-0.1, -0.05) is 30.3 Å². The van der Waals surface area contributed by atoms with Crippen LogP contribution in [0.25, 0.3) is 0 Å². The molecule has 100 valence electrons. The first-order chi connectivity index (χ1) is 8.22. The van der Waals surface area contributed by atoms with Crippen molar-refractivity contribution in [2.24, 2.45) is 0 Å². The smallest absolute Gasteiger partial charge is 0.321 e. The molecule has 0 bridgehead atoms. The van der Waals surface area contributed by atoms with Crippen LogP contribution in [0.1, 0.15) is 45.0 Å². The van der Waals surface area contributed by atoms with E-state index >= 15 is 0 Å². The highest BCUT2D eigenvalue weighted by Crippen LogP contribution is 1.98. The Morgan fingerprint density at radius 3 is 1.78 bits per heavy atom. The summed E-state index contributed by atoms with van der Waals surface area (Å²) >= 11 is 0. The molecule has 0 radical (unpaired) electrons. The number of nitrogens with one attached hydrogen (secondary N) is 1. The zero-order valence-corrected chi connectivity index (χ0v) is 11.6. The predicted molar refractivity (Wildman–Crippen MR) is 71.1 cm³/mol. The van der Waals surface area contributed by atoms with E-state index in [-0.39, 0.29) is 17.3 Å². The third kappa shape index (κ3) is 9.54. The van der Waals surface area contributed by atoms with Crippen LogP contribution in [-0.2, 0) is 9.63 Å². The minimum atomic E-state index is -0.315. The van der Waals surface area contributed by atoms with Crippen LogP contribution in [0.15, 0.2) is 30.3 Å². The number of ketones is 1. The number of rotatable bonds is 2. The molecule has 4 nitrogen and oxygen atoms in total. The highest BCUT2D eigenvalue weighted by molar-refractivity contribution is 5.93. The van der Waals surface area contributed by atoms with Gasteiger partial charge in [0, 0.05) is 18.0 Å². The summed E-state index contributed by atoms with van der Waals surface area (Å²) in [5, 5.41) is 0. The topological polar surface area (TPSA) is 55.4 Å². The Balaban J connectivity index is 0.000000321. The van der Waals surface area contributed by atoms with Crippen LogP contribution >= 0.6 is 0 Å². The fourth-order valence-electron chi connectivity index (χ4n) is 0.898. The number of hydrogen-bond donors (Lipinski definition) is 1. The minimum Gasteiger partial charge on any atom is -0.371 e. The van der Waals surface area contributed by atoms with E-state index in [0.29, 0.717) is 0 Å². The van der Waals surface area contributed by atoms with E-state index in [9.17, 15) is 9.59 Å². The first-order valence-corrected chi connectivity index (χ1v) is 5.73. The van der Waals surface area contributed by atoms with Gasteiger partial charge in [-0.25, -0.2) is 0 Å². The Morgan fingerprint density at radius 1 is 1.06 bits per heavy atom. The summed E-state index contributed by atoms with van der Waals surface area (Å²) in [6.07, 6.45) is 0. The SMILES string of the molecule is CC(=O)ONC(C)(C)C.CC(=O)c1ccccc1. The van der Waals surface area contributed by atoms with Crippen LogP contribution in [0, 0.1) is 0 Å². The van der Waals surface area contributed by atoms with Crippen LogP contribution in [0.5, 0.6) is 0 Å². The van der Waals surface area contributed by atoms with Gasteiger partial charge >= 0.3 is 5.97 Å². The molecular formula is C14H21NO3. The van der Waals surface area contributed by atoms with Crippen LogP contribution in [-0.4, -0.2) is 17.3 Å². The summed E-state index contributed by atoms with van der Waals surface area (Å²) in [5.74, 6) is -0.194. The van der Waals surface area contributed by atoms with Gasteiger partial charge < -0.3 is 4.84 Å². The van der Waals surface area contributed by atoms with Crippen molar-refractivity contribution in [1.82, 2.24) is 5.48 Å². The Kier molecular flexibility index (Phi) is 6.90. The Hall–Kier alpha value is -1.68. The second kappa shape index (κ2) is 7.61. The number of carbonyl (C=O) groups is 2. The molecular weight excluding hydrogens is 230 g/mol. The zero-order chi connectivity index (χ0) is 14.2. The van der Waals surface area contributed by atoms with Crippen LogP contribution in [0.4, 0.5) is 0 Å². The molecule has 0 heterocycles. The summed E-state index contributed by atoms with van der Waals surface area (Å²) < 4.78 is 0. The molecule has 0 aromatic heterocycles. The molecule has 1 aromatic carbocycles. The van der Waals surface area contributed by atoms with Crippen molar-refractivity contribution >= 4 is 11.8 Å². The van der Waals surface area contributed by atoms with Gasteiger partial charge in [-0.2, -0.15) is 0 Å². The summed E-state index contributed by atoms with van der Waals surface area (Å²) in [4.78, 5) is 25.4. The van der Waals surface area contributed by atoms with Crippen molar-refractivity contribution in [1.29, 1.82) is 0 Å². The van der Waals surface area contributed by atoms with E-state index < -0.39 is 0 Å². The monoisotopic (exact) mass is 251 g/mol. The van der Waals surface area contributed by atoms with Gasteiger partial charge in [-0.15, -0.1) is 5.48 Å². The average molecular weight is 251 g/mol. The molecule has 0 unspecified atom stereocenters. The van der Waals surface area contributed by atoms with Crippen molar-refractivity contribution in [3.05, 3.63) is 35.9 Å². The van der Waals surface area contributed by atoms with Crippen molar-refractivity contribution in [3.63, 3.8) is 0 Å². The summed E-state index contributed by atoms with van der Waals surface area (Å²) in [5.41, 5.74) is 3.19. The quantitative estimate of drug-likeness (QED) is 0.648. The van der Waals surface area contributed by atoms with Gasteiger partial charge in [0.25, 0.3) is 0 Å². The fraction of sp³-hybridized carbons (Fsp3) is 0.429. The average Bonchev–Trinajstić information content (AvgIpc) is 2.27. The maximum absolute atomic E-state index is 10.6. The largest absolute Gasteiger partial charge is 0.371 e. The lowest BCUT2D eigenvalue weighted by atomic mass is 10.1. The molecule has 0 aliphatic heterocycles. The second-order valence-electron chi connectivity index (χ2n) is 4.87. The highest BCUT2D eigenvalue weighted by atomic mass is 16.7. The van der Waals surface area contributed by atoms with Crippen molar-refractivity contribution < 1.29 is 14.4 Å². The van der Waals surface area contributed by atoms with E-state index in [2.05, 4.69) is 10.3 Å². The molecule has 1 rings (SSSR count). The molecule has 0 spiro atoms. The summed E-state index contributed by atoms with van der Waals surface area (Å²) in [6, 6.07) is 9.23. The number of benzene rings is 1. The number of hydrogen-bond acceptors (Lipinski definition) is 4. The zero-order valence-electron chi connectivity index (χ0n) is 11.6. The molecule has 0 saturated heterocycles. The molecule has 0 saturated carbocycles. The fourth-order valence-corrected chi connectivity index (χ4v) is 0.898. The van der Waals surface area contributed by atoms with E-state index in [0.717, 1.165) is 5.56 Å². The van der Waals surface area contributed by atoms with Gasteiger partial charge in [0.05, 0.1) is 0 Å². The van der Waals surface area contributed by atoms with E-state index in [1.54, 1.807) is 6.92 Å². The van der Waals surface area contributed by atoms with Gasteiger partial charge in [0.2, 0.25) is 0 Å². The van der Waals surface area contributed by atoms with Gasteiger partial charge in [0.15, 0.2) is 5.78 Å². The molecule has 1 N–H and O–H groups in total. The maximum Gasteiger partial charge on any atom is 0.321 e. The lowest BCUT2D eigenvalue weighted by Gasteiger charge is -2.18. The lowest BCUT2D eigenvalue weighted by molar-refractivity contribution is -0.152. The number of Topliss-reactive ketones (excluding diaryl/α,β-unsaturated/α-hetero) is 1. The van der Waals surface area contributed by atoms with Crippen molar-refractivity contribution in [2.45, 2.75) is 40.2 Å². The van der Waals surface area contributed by atoms with Crippen LogP contribution < -0.4 is 5.48 Å². The van der Waals surface area contributed by atoms with E-state index in [1.807, 2.05) is 51.1 Å². The molecule has 4 heteroatoms. The maximum atomic E-state index is 10.6. The molecule has 0 fully saturated rings. The third-order valence-corrected chi connectivity index (χ3v) is 1.68. The lowest BCUT2D eigenvalue weighted by Crippen LogP contribution is -2.36. The molecule has 0 aliphatic carbocycles. The summed E-state index contributed by atoms with van der Waals surface area (Å²) in [6.45, 7) is 8.66.